The number of carbonyl (C=O) groups is 1. The average molecular weight is 391 g/mol. The van der Waals surface area contributed by atoms with E-state index in [4.69, 9.17) is 0 Å². The van der Waals surface area contributed by atoms with Crippen LogP contribution in [0.3, 0.4) is 0 Å². The van der Waals surface area contributed by atoms with Crippen molar-refractivity contribution >= 4 is 22.5 Å². The van der Waals surface area contributed by atoms with Gasteiger partial charge in [-0.15, -0.1) is 0 Å². The highest BCUT2D eigenvalue weighted by molar-refractivity contribution is 5.96. The minimum absolute atomic E-state index is 0.116. The van der Waals surface area contributed by atoms with E-state index in [2.05, 4.69) is 10.3 Å². The summed E-state index contributed by atoms with van der Waals surface area (Å²) in [5, 5.41) is 3.54. The molecule has 0 spiro atoms. The molecule has 0 aliphatic heterocycles. The van der Waals surface area contributed by atoms with Crippen LogP contribution in [-0.4, -0.2) is 15.5 Å². The Hall–Kier alpha value is -3.54. The Morgan fingerprint density at radius 3 is 2.41 bits per heavy atom. The van der Waals surface area contributed by atoms with Crippen LogP contribution in [0.5, 0.6) is 0 Å². The molecule has 2 heterocycles. The molecule has 1 amide bonds. The number of nitrogens with one attached hydrogen (secondary N) is 1. The van der Waals surface area contributed by atoms with E-state index in [1.807, 2.05) is 11.5 Å². The Morgan fingerprint density at radius 1 is 1.00 bits per heavy atom. The molecule has 4 aromatic rings. The van der Waals surface area contributed by atoms with Gasteiger partial charge in [0.1, 0.15) is 11.6 Å². The van der Waals surface area contributed by atoms with Crippen LogP contribution in [0.15, 0.2) is 67.0 Å². The van der Waals surface area contributed by atoms with Crippen molar-refractivity contribution in [2.45, 2.75) is 19.9 Å². The maximum absolute atomic E-state index is 14.0. The van der Waals surface area contributed by atoms with Crippen LogP contribution in [-0.2, 0) is 17.8 Å². The van der Waals surface area contributed by atoms with Gasteiger partial charge in [-0.05, 0) is 60.5 Å². The van der Waals surface area contributed by atoms with E-state index < -0.39 is 0 Å². The Morgan fingerprint density at radius 2 is 1.69 bits per heavy atom. The standard InChI is InChI=1S/C23H19F2N3O/c1-15-20(13-23(29)27-19-8-10-26-11-9-19)21-12-18(25)6-7-22(21)28(15)14-16-2-4-17(24)5-3-16/h2-12H,13-14H2,1H3,(H,26,27,29). The molecule has 4 nitrogen and oxygen atoms in total. The number of halogens is 2. The van der Waals surface area contributed by atoms with Gasteiger partial charge in [0, 0.05) is 41.2 Å². The van der Waals surface area contributed by atoms with Crippen LogP contribution in [0.25, 0.3) is 10.9 Å². The minimum Gasteiger partial charge on any atom is -0.340 e. The van der Waals surface area contributed by atoms with Crippen LogP contribution in [0.1, 0.15) is 16.8 Å². The number of rotatable bonds is 5. The van der Waals surface area contributed by atoms with Crippen LogP contribution in [0, 0.1) is 18.6 Å². The van der Waals surface area contributed by atoms with E-state index in [1.54, 1.807) is 42.7 Å². The van der Waals surface area contributed by atoms with Crippen LogP contribution in [0.4, 0.5) is 14.5 Å². The van der Waals surface area contributed by atoms with E-state index in [1.165, 1.54) is 24.3 Å². The van der Waals surface area contributed by atoms with Gasteiger partial charge in [-0.25, -0.2) is 8.78 Å². The van der Waals surface area contributed by atoms with E-state index >= 15 is 0 Å². The van der Waals surface area contributed by atoms with E-state index in [9.17, 15) is 13.6 Å². The lowest BCUT2D eigenvalue weighted by atomic mass is 10.1. The molecule has 0 radical (unpaired) electrons. The van der Waals surface area contributed by atoms with Crippen molar-refractivity contribution in [3.05, 3.63) is 95.4 Å². The third-order valence-electron chi connectivity index (χ3n) is 4.97. The van der Waals surface area contributed by atoms with Gasteiger partial charge in [-0.3, -0.25) is 9.78 Å². The fourth-order valence-electron chi connectivity index (χ4n) is 3.52. The number of benzene rings is 2. The third-order valence-corrected chi connectivity index (χ3v) is 4.97. The number of anilines is 1. The zero-order chi connectivity index (χ0) is 20.4. The Labute approximate surface area is 166 Å². The smallest absolute Gasteiger partial charge is 0.228 e. The molecule has 6 heteroatoms. The molecule has 0 atom stereocenters. The second-order valence-corrected chi connectivity index (χ2v) is 6.90. The first kappa shape index (κ1) is 18.8. The molecule has 0 aliphatic carbocycles. The summed E-state index contributed by atoms with van der Waals surface area (Å²) >= 11 is 0. The minimum atomic E-state index is -0.354. The SMILES string of the molecule is Cc1c(CC(=O)Nc2ccncc2)c2cc(F)ccc2n1Cc1ccc(F)cc1. The number of hydrogen-bond donors (Lipinski definition) is 1. The molecule has 4 rings (SSSR count). The summed E-state index contributed by atoms with van der Waals surface area (Å²) in [5.41, 5.74) is 4.06. The van der Waals surface area contributed by atoms with Crippen molar-refractivity contribution < 1.29 is 13.6 Å². The summed E-state index contributed by atoms with van der Waals surface area (Å²) in [6.45, 7) is 2.41. The van der Waals surface area contributed by atoms with Gasteiger partial charge in [0.25, 0.3) is 0 Å². The predicted octanol–water partition coefficient (Wildman–Crippen LogP) is 4.85. The van der Waals surface area contributed by atoms with E-state index in [-0.39, 0.29) is 24.0 Å². The highest BCUT2D eigenvalue weighted by Gasteiger charge is 2.18. The van der Waals surface area contributed by atoms with Gasteiger partial charge in [0.05, 0.1) is 6.42 Å². The summed E-state index contributed by atoms with van der Waals surface area (Å²) < 4.78 is 29.2. The second-order valence-electron chi connectivity index (χ2n) is 6.90. The molecular formula is C23H19F2N3O. The van der Waals surface area contributed by atoms with Crippen LogP contribution >= 0.6 is 0 Å². The Bertz CT molecular complexity index is 1170. The van der Waals surface area contributed by atoms with Gasteiger partial charge in [0.15, 0.2) is 0 Å². The molecule has 1 N–H and O–H groups in total. The normalized spacial score (nSPS) is 11.0. The molecule has 2 aromatic carbocycles. The molecule has 29 heavy (non-hydrogen) atoms. The molecule has 0 saturated carbocycles. The van der Waals surface area contributed by atoms with Gasteiger partial charge in [-0.1, -0.05) is 12.1 Å². The van der Waals surface area contributed by atoms with Gasteiger partial charge < -0.3 is 9.88 Å². The highest BCUT2D eigenvalue weighted by atomic mass is 19.1. The quantitative estimate of drug-likeness (QED) is 0.529. The third kappa shape index (κ3) is 4.01. The molecule has 0 unspecified atom stereocenters. The number of nitrogens with zero attached hydrogens (tertiary/aromatic N) is 2. The maximum atomic E-state index is 14.0. The number of carbonyl (C=O) groups excluding carboxylic acids is 1. The lowest BCUT2D eigenvalue weighted by Gasteiger charge is -2.09. The lowest BCUT2D eigenvalue weighted by molar-refractivity contribution is -0.115. The van der Waals surface area contributed by atoms with Crippen molar-refractivity contribution in [2.24, 2.45) is 0 Å². The highest BCUT2D eigenvalue weighted by Crippen LogP contribution is 2.28. The fraction of sp³-hybridized carbons (Fsp3) is 0.130. The van der Waals surface area contributed by atoms with Crippen LogP contribution in [0.2, 0.25) is 0 Å². The number of fused-ring (bicyclic) bond motifs is 1. The Balaban J connectivity index is 1.69. The number of hydrogen-bond acceptors (Lipinski definition) is 2. The number of amides is 1. The first-order valence-electron chi connectivity index (χ1n) is 9.23. The fourth-order valence-corrected chi connectivity index (χ4v) is 3.52. The Kier molecular flexibility index (Phi) is 5.08. The topological polar surface area (TPSA) is 46.9 Å². The van der Waals surface area contributed by atoms with Gasteiger partial charge in [-0.2, -0.15) is 0 Å². The molecule has 0 aliphatic rings. The first-order chi connectivity index (χ1) is 14.0. The summed E-state index contributed by atoms with van der Waals surface area (Å²) in [4.78, 5) is 16.5. The number of pyridine rings is 1. The average Bonchev–Trinajstić information content (AvgIpc) is 2.95. The molecule has 0 bridgehead atoms. The van der Waals surface area contributed by atoms with Gasteiger partial charge >= 0.3 is 0 Å². The summed E-state index contributed by atoms with van der Waals surface area (Å²) in [6, 6.07) is 14.3. The van der Waals surface area contributed by atoms with Crippen molar-refractivity contribution in [3.8, 4) is 0 Å². The van der Waals surface area contributed by atoms with Crippen molar-refractivity contribution in [2.75, 3.05) is 5.32 Å². The molecule has 0 saturated heterocycles. The van der Waals surface area contributed by atoms with Crippen molar-refractivity contribution in [1.82, 2.24) is 9.55 Å². The van der Waals surface area contributed by atoms with E-state index in [0.29, 0.717) is 17.6 Å². The largest absolute Gasteiger partial charge is 0.340 e. The summed E-state index contributed by atoms with van der Waals surface area (Å²) in [6.07, 6.45) is 3.32. The zero-order valence-corrected chi connectivity index (χ0v) is 15.8. The van der Waals surface area contributed by atoms with E-state index in [0.717, 1.165) is 22.3 Å². The van der Waals surface area contributed by atoms with Crippen LogP contribution < -0.4 is 5.32 Å². The monoisotopic (exact) mass is 391 g/mol. The molecule has 0 fully saturated rings. The van der Waals surface area contributed by atoms with Gasteiger partial charge in [0.2, 0.25) is 5.91 Å². The predicted molar refractivity (Wildman–Crippen MR) is 109 cm³/mol. The van der Waals surface area contributed by atoms with Crippen molar-refractivity contribution in [1.29, 1.82) is 0 Å². The summed E-state index contributed by atoms with van der Waals surface area (Å²) in [7, 11) is 0. The molecule has 2 aromatic heterocycles. The summed E-state index contributed by atoms with van der Waals surface area (Å²) in [5.74, 6) is -0.838. The second kappa shape index (κ2) is 7.83. The maximum Gasteiger partial charge on any atom is 0.228 e. The molecule has 146 valence electrons. The first-order valence-corrected chi connectivity index (χ1v) is 9.23. The molecular weight excluding hydrogens is 372 g/mol. The number of aromatic nitrogens is 2. The zero-order valence-electron chi connectivity index (χ0n) is 15.8. The van der Waals surface area contributed by atoms with Crippen molar-refractivity contribution in [3.63, 3.8) is 0 Å². The lowest BCUT2D eigenvalue weighted by Crippen LogP contribution is -2.15.